The predicted molar refractivity (Wildman–Crippen MR) is 116 cm³/mol. The molecule has 2 heterocycles. The third-order valence-corrected chi connectivity index (χ3v) is 5.36. The lowest BCUT2D eigenvalue weighted by Crippen LogP contribution is -2.39. The van der Waals surface area contributed by atoms with Crippen molar-refractivity contribution in [2.45, 2.75) is 18.9 Å². The van der Waals surface area contributed by atoms with Crippen LogP contribution < -0.4 is 10.9 Å². The highest BCUT2D eigenvalue weighted by molar-refractivity contribution is 6.31. The van der Waals surface area contributed by atoms with E-state index in [-0.39, 0.29) is 5.63 Å². The van der Waals surface area contributed by atoms with E-state index in [1.165, 1.54) is 11.6 Å². The molecule has 0 bridgehead atoms. The Hall–Kier alpha value is -2.56. The molecule has 0 aliphatic carbocycles. The van der Waals surface area contributed by atoms with Crippen LogP contribution in [0.1, 0.15) is 18.4 Å². The van der Waals surface area contributed by atoms with Crippen LogP contribution in [-0.2, 0) is 0 Å². The Morgan fingerprint density at radius 2 is 1.89 bits per heavy atom. The molecule has 144 valence electrons. The molecule has 1 N–H and O–H groups in total. The van der Waals surface area contributed by atoms with Gasteiger partial charge in [0.15, 0.2) is 0 Å². The molecule has 0 amide bonds. The second-order valence-corrected chi connectivity index (χ2v) is 7.59. The van der Waals surface area contributed by atoms with E-state index in [9.17, 15) is 4.79 Å². The number of hydrogen-bond acceptors (Lipinski definition) is 4. The molecule has 1 aliphatic heterocycles. The van der Waals surface area contributed by atoms with Crippen LogP contribution in [0.25, 0.3) is 17.0 Å². The zero-order valence-electron chi connectivity index (χ0n) is 15.6. The van der Waals surface area contributed by atoms with Crippen molar-refractivity contribution in [3.63, 3.8) is 0 Å². The van der Waals surface area contributed by atoms with E-state index >= 15 is 0 Å². The quantitative estimate of drug-likeness (QED) is 0.616. The third kappa shape index (κ3) is 4.64. The van der Waals surface area contributed by atoms with Gasteiger partial charge in [-0.3, -0.25) is 4.90 Å². The number of benzene rings is 2. The number of likely N-dealkylation sites (tertiary alicyclic amines) is 1. The summed E-state index contributed by atoms with van der Waals surface area (Å²) < 4.78 is 5.27. The van der Waals surface area contributed by atoms with Crippen molar-refractivity contribution in [2.75, 3.05) is 25.0 Å². The summed E-state index contributed by atoms with van der Waals surface area (Å²) in [5, 5.41) is 4.99. The summed E-state index contributed by atoms with van der Waals surface area (Å²) >= 11 is 6.02. The lowest BCUT2D eigenvalue weighted by molar-refractivity contribution is 0.240. The molecule has 4 rings (SSSR count). The van der Waals surface area contributed by atoms with E-state index in [1.807, 2.05) is 18.2 Å². The minimum atomic E-state index is -0.360. The highest BCUT2D eigenvalue weighted by Gasteiger charge is 2.19. The topological polar surface area (TPSA) is 45.5 Å². The molecule has 5 heteroatoms. The zero-order valence-corrected chi connectivity index (χ0v) is 16.4. The fourth-order valence-corrected chi connectivity index (χ4v) is 3.80. The smallest absolute Gasteiger partial charge is 0.338 e. The molecule has 2 aromatic carbocycles. The Balaban J connectivity index is 1.35. The number of anilines is 1. The number of halogens is 1. The summed E-state index contributed by atoms with van der Waals surface area (Å²) in [7, 11) is 0. The number of nitrogens with zero attached hydrogens (tertiary/aromatic N) is 1. The average molecular weight is 395 g/mol. The van der Waals surface area contributed by atoms with Gasteiger partial charge in [-0.05, 0) is 30.5 Å². The predicted octanol–water partition coefficient (Wildman–Crippen LogP) is 5.04. The summed E-state index contributed by atoms with van der Waals surface area (Å²) in [4.78, 5) is 14.3. The van der Waals surface area contributed by atoms with Crippen molar-refractivity contribution >= 4 is 34.3 Å². The summed E-state index contributed by atoms with van der Waals surface area (Å²) in [5.41, 5.74) is 2.21. The van der Waals surface area contributed by atoms with Crippen molar-refractivity contribution in [1.82, 2.24) is 4.90 Å². The van der Waals surface area contributed by atoms with Crippen LogP contribution in [0, 0.1) is 0 Å². The Morgan fingerprint density at radius 3 is 2.68 bits per heavy atom. The lowest BCUT2D eigenvalue weighted by Gasteiger charge is -2.32. The van der Waals surface area contributed by atoms with Crippen molar-refractivity contribution in [1.29, 1.82) is 0 Å². The van der Waals surface area contributed by atoms with Crippen molar-refractivity contribution in [2.24, 2.45) is 0 Å². The van der Waals surface area contributed by atoms with Gasteiger partial charge in [-0.15, -0.1) is 0 Å². The first-order chi connectivity index (χ1) is 13.7. The molecule has 1 saturated heterocycles. The maximum Gasteiger partial charge on any atom is 0.338 e. The van der Waals surface area contributed by atoms with E-state index < -0.39 is 0 Å². The van der Waals surface area contributed by atoms with Gasteiger partial charge in [0.25, 0.3) is 0 Å². The fourth-order valence-electron chi connectivity index (χ4n) is 3.64. The molecule has 0 saturated carbocycles. The zero-order chi connectivity index (χ0) is 19.3. The normalized spacial score (nSPS) is 16.0. The Kier molecular flexibility index (Phi) is 5.79. The van der Waals surface area contributed by atoms with Crippen LogP contribution in [0.4, 0.5) is 5.69 Å². The van der Waals surface area contributed by atoms with E-state index in [4.69, 9.17) is 16.0 Å². The molecule has 1 fully saturated rings. The molecule has 0 spiro atoms. The molecule has 1 aliphatic rings. The second-order valence-electron chi connectivity index (χ2n) is 7.15. The maximum absolute atomic E-state index is 11.9. The summed E-state index contributed by atoms with van der Waals surface area (Å²) in [6, 6.07) is 17.6. The summed E-state index contributed by atoms with van der Waals surface area (Å²) in [5.74, 6) is 0. The van der Waals surface area contributed by atoms with Gasteiger partial charge in [-0.25, -0.2) is 4.79 Å². The monoisotopic (exact) mass is 394 g/mol. The van der Waals surface area contributed by atoms with Gasteiger partial charge in [0, 0.05) is 48.2 Å². The highest BCUT2D eigenvalue weighted by Crippen LogP contribution is 2.26. The minimum Gasteiger partial charge on any atom is -0.423 e. The highest BCUT2D eigenvalue weighted by atomic mass is 35.5. The summed E-state index contributed by atoms with van der Waals surface area (Å²) in [6.07, 6.45) is 6.47. The van der Waals surface area contributed by atoms with Crippen LogP contribution >= 0.6 is 11.6 Å². The van der Waals surface area contributed by atoms with Gasteiger partial charge in [0.05, 0.1) is 5.69 Å². The van der Waals surface area contributed by atoms with Crippen molar-refractivity contribution < 1.29 is 4.42 Å². The van der Waals surface area contributed by atoms with E-state index in [0.717, 1.165) is 43.5 Å². The van der Waals surface area contributed by atoms with Gasteiger partial charge in [0.2, 0.25) is 0 Å². The van der Waals surface area contributed by atoms with Gasteiger partial charge in [0.1, 0.15) is 5.58 Å². The molecule has 3 aromatic rings. The van der Waals surface area contributed by atoms with E-state index in [1.54, 1.807) is 6.07 Å². The first kappa shape index (κ1) is 18.8. The van der Waals surface area contributed by atoms with Crippen LogP contribution in [0.5, 0.6) is 0 Å². The SMILES string of the molecule is O=c1cc(NC2CCN(CC=Cc3ccccc3)CC2)c2ccc(Cl)cc2o1. The first-order valence-electron chi connectivity index (χ1n) is 9.61. The standard InChI is InChI=1S/C23H23ClN2O2/c24-18-8-9-20-21(16-23(27)28-22(20)15-18)25-19-10-13-26(14-11-19)12-4-7-17-5-2-1-3-6-17/h1-9,15-16,19,25H,10-14H2. The van der Waals surface area contributed by atoms with Crippen LogP contribution in [0.15, 0.2) is 69.9 Å². The van der Waals surface area contributed by atoms with Crippen LogP contribution in [-0.4, -0.2) is 30.6 Å². The molecular formula is C23H23ClN2O2. The third-order valence-electron chi connectivity index (χ3n) is 5.13. The number of rotatable bonds is 5. The Morgan fingerprint density at radius 1 is 1.11 bits per heavy atom. The average Bonchev–Trinajstić information content (AvgIpc) is 2.69. The molecule has 4 nitrogen and oxygen atoms in total. The summed E-state index contributed by atoms with van der Waals surface area (Å²) in [6.45, 7) is 3.02. The van der Waals surface area contributed by atoms with Crippen molar-refractivity contribution in [3.05, 3.63) is 81.7 Å². The van der Waals surface area contributed by atoms with Gasteiger partial charge >= 0.3 is 5.63 Å². The molecular weight excluding hydrogens is 372 g/mol. The van der Waals surface area contributed by atoms with Gasteiger partial charge in [-0.2, -0.15) is 0 Å². The van der Waals surface area contributed by atoms with E-state index in [2.05, 4.69) is 46.6 Å². The second kappa shape index (κ2) is 8.63. The number of hydrogen-bond donors (Lipinski definition) is 1. The van der Waals surface area contributed by atoms with Crippen LogP contribution in [0.3, 0.4) is 0 Å². The molecule has 28 heavy (non-hydrogen) atoms. The molecule has 1 aromatic heterocycles. The first-order valence-corrected chi connectivity index (χ1v) is 9.99. The molecule has 0 unspecified atom stereocenters. The van der Waals surface area contributed by atoms with Crippen LogP contribution in [0.2, 0.25) is 5.02 Å². The minimum absolute atomic E-state index is 0.343. The lowest BCUT2D eigenvalue weighted by atomic mass is 10.0. The fraction of sp³-hybridized carbons (Fsp3) is 0.261. The van der Waals surface area contributed by atoms with Crippen molar-refractivity contribution in [3.8, 4) is 0 Å². The molecule has 0 radical (unpaired) electrons. The van der Waals surface area contributed by atoms with Gasteiger partial charge < -0.3 is 9.73 Å². The number of piperidine rings is 1. The van der Waals surface area contributed by atoms with Gasteiger partial charge in [-0.1, -0.05) is 54.1 Å². The number of nitrogens with one attached hydrogen (secondary N) is 1. The Labute approximate surface area is 169 Å². The maximum atomic E-state index is 11.9. The Bertz CT molecular complexity index is 1020. The number of fused-ring (bicyclic) bond motifs is 1. The van der Waals surface area contributed by atoms with E-state index in [0.29, 0.717) is 16.6 Å². The largest absolute Gasteiger partial charge is 0.423 e. The molecule has 0 atom stereocenters.